The summed E-state index contributed by atoms with van der Waals surface area (Å²) in [4.78, 5) is 15.1. The summed E-state index contributed by atoms with van der Waals surface area (Å²) in [7, 11) is 0. The number of rotatable bonds is 8. The Labute approximate surface area is 181 Å². The molecule has 7 heteroatoms. The van der Waals surface area contributed by atoms with Crippen LogP contribution in [0.2, 0.25) is 0 Å². The Hall–Kier alpha value is -4.00. The number of nitrogens with zero attached hydrogens (tertiary/aromatic N) is 2. The Morgan fingerprint density at radius 3 is 2.42 bits per heavy atom. The van der Waals surface area contributed by atoms with Crippen molar-refractivity contribution < 1.29 is 14.7 Å². The summed E-state index contributed by atoms with van der Waals surface area (Å²) < 4.78 is 5.85. The molecule has 0 saturated heterocycles. The second kappa shape index (κ2) is 10.2. The number of ether oxygens (including phenoxy) is 1. The van der Waals surface area contributed by atoms with Crippen molar-refractivity contribution in [2.24, 2.45) is 10.9 Å². The van der Waals surface area contributed by atoms with E-state index in [0.717, 1.165) is 18.8 Å². The molecule has 0 radical (unpaired) electrons. The number of nitrogens with two attached hydrogens (primary N) is 1. The summed E-state index contributed by atoms with van der Waals surface area (Å²) in [6.07, 6.45) is 0. The van der Waals surface area contributed by atoms with Gasteiger partial charge in [-0.1, -0.05) is 29.4 Å². The molecule has 0 bridgehead atoms. The molecule has 3 aromatic carbocycles. The maximum absolute atomic E-state index is 13.0. The van der Waals surface area contributed by atoms with Crippen LogP contribution >= 0.6 is 0 Å². The van der Waals surface area contributed by atoms with Crippen molar-refractivity contribution in [1.29, 1.82) is 0 Å². The van der Waals surface area contributed by atoms with Crippen molar-refractivity contribution in [2.75, 3.05) is 23.3 Å². The molecule has 0 fully saturated rings. The van der Waals surface area contributed by atoms with E-state index in [1.54, 1.807) is 24.3 Å². The molecular formula is C24H26N4O3. The molecule has 0 heterocycles. The van der Waals surface area contributed by atoms with Gasteiger partial charge < -0.3 is 25.9 Å². The first-order valence-electron chi connectivity index (χ1n) is 10.1. The van der Waals surface area contributed by atoms with Gasteiger partial charge in [0.2, 0.25) is 0 Å². The first-order chi connectivity index (χ1) is 15.0. The quantitative estimate of drug-likeness (QED) is 0.214. The topological polar surface area (TPSA) is 100 Å². The molecule has 0 spiro atoms. The van der Waals surface area contributed by atoms with Crippen molar-refractivity contribution in [1.82, 2.24) is 0 Å². The summed E-state index contributed by atoms with van der Waals surface area (Å²) in [5.41, 5.74) is 8.05. The zero-order valence-corrected chi connectivity index (χ0v) is 17.6. The fourth-order valence-electron chi connectivity index (χ4n) is 3.22. The monoisotopic (exact) mass is 418 g/mol. The molecule has 0 aromatic heterocycles. The SMILES string of the molecule is CCN(CC)c1cccc(C(=O)Nc2cc(Oc3ccccc3)ccc2/C(N)=N/O)c1. The number of para-hydroxylation sites is 1. The lowest BCUT2D eigenvalue weighted by molar-refractivity contribution is 0.102. The van der Waals surface area contributed by atoms with E-state index in [4.69, 9.17) is 15.7 Å². The Morgan fingerprint density at radius 1 is 1.00 bits per heavy atom. The van der Waals surface area contributed by atoms with Gasteiger partial charge in [-0.05, 0) is 56.3 Å². The summed E-state index contributed by atoms with van der Waals surface area (Å²) in [6.45, 7) is 5.82. The molecule has 31 heavy (non-hydrogen) atoms. The highest BCUT2D eigenvalue weighted by Crippen LogP contribution is 2.28. The van der Waals surface area contributed by atoms with Crippen LogP contribution in [0.4, 0.5) is 11.4 Å². The zero-order valence-electron chi connectivity index (χ0n) is 17.6. The Balaban J connectivity index is 1.90. The molecule has 0 aliphatic carbocycles. The lowest BCUT2D eigenvalue weighted by Gasteiger charge is -2.21. The molecule has 0 unspecified atom stereocenters. The van der Waals surface area contributed by atoms with Crippen LogP contribution in [0.15, 0.2) is 78.0 Å². The van der Waals surface area contributed by atoms with Crippen LogP contribution in [0.1, 0.15) is 29.8 Å². The smallest absolute Gasteiger partial charge is 0.255 e. The lowest BCUT2D eigenvalue weighted by atomic mass is 10.1. The molecule has 0 aliphatic rings. The van der Waals surface area contributed by atoms with Crippen molar-refractivity contribution in [3.8, 4) is 11.5 Å². The molecule has 3 aromatic rings. The Morgan fingerprint density at radius 2 is 1.74 bits per heavy atom. The molecule has 7 nitrogen and oxygen atoms in total. The van der Waals surface area contributed by atoms with Gasteiger partial charge in [-0.25, -0.2) is 0 Å². The van der Waals surface area contributed by atoms with E-state index < -0.39 is 0 Å². The zero-order chi connectivity index (χ0) is 22.2. The number of amidine groups is 1. The third kappa shape index (κ3) is 5.33. The van der Waals surface area contributed by atoms with Crippen LogP contribution in [0, 0.1) is 0 Å². The number of hydrogen-bond donors (Lipinski definition) is 3. The predicted octanol–water partition coefficient (Wildman–Crippen LogP) is 4.67. The van der Waals surface area contributed by atoms with Crippen molar-refractivity contribution >= 4 is 23.1 Å². The molecule has 160 valence electrons. The standard InChI is InChI=1S/C24H26N4O3/c1-3-28(4-2)18-10-8-9-17(15-18)24(29)26-22-16-20(13-14-21(22)23(25)27-30)31-19-11-6-5-7-12-19/h5-16,30H,3-4H2,1-2H3,(H2,25,27)(H,26,29). The van der Waals surface area contributed by atoms with Crippen molar-refractivity contribution in [3.63, 3.8) is 0 Å². The first-order valence-corrected chi connectivity index (χ1v) is 10.1. The number of anilines is 2. The fourth-order valence-corrected chi connectivity index (χ4v) is 3.22. The van der Waals surface area contributed by atoms with Crippen molar-refractivity contribution in [3.05, 3.63) is 83.9 Å². The maximum Gasteiger partial charge on any atom is 0.255 e. The van der Waals surface area contributed by atoms with Gasteiger partial charge in [-0.2, -0.15) is 0 Å². The lowest BCUT2D eigenvalue weighted by Crippen LogP contribution is -2.23. The number of carbonyl (C=O) groups is 1. The molecule has 4 N–H and O–H groups in total. The number of carbonyl (C=O) groups excluding carboxylic acids is 1. The van der Waals surface area contributed by atoms with Gasteiger partial charge >= 0.3 is 0 Å². The van der Waals surface area contributed by atoms with Crippen LogP contribution in [0.25, 0.3) is 0 Å². The highest BCUT2D eigenvalue weighted by molar-refractivity contribution is 6.10. The van der Waals surface area contributed by atoms with Crippen LogP contribution < -0.4 is 20.7 Å². The number of amides is 1. The van der Waals surface area contributed by atoms with Gasteiger partial charge in [-0.3, -0.25) is 4.79 Å². The van der Waals surface area contributed by atoms with Crippen molar-refractivity contribution in [2.45, 2.75) is 13.8 Å². The number of benzene rings is 3. The van der Waals surface area contributed by atoms with E-state index in [1.807, 2.05) is 48.5 Å². The molecular weight excluding hydrogens is 392 g/mol. The minimum Gasteiger partial charge on any atom is -0.457 e. The second-order valence-corrected chi connectivity index (χ2v) is 6.78. The summed E-state index contributed by atoms with van der Waals surface area (Å²) in [6, 6.07) is 21.7. The highest BCUT2D eigenvalue weighted by atomic mass is 16.5. The summed E-state index contributed by atoms with van der Waals surface area (Å²) in [5.74, 6) is 0.743. The van der Waals surface area contributed by atoms with Gasteiger partial charge in [0.05, 0.1) is 5.69 Å². The Bertz CT molecular complexity index is 1060. The highest BCUT2D eigenvalue weighted by Gasteiger charge is 2.15. The molecule has 0 atom stereocenters. The summed E-state index contributed by atoms with van der Waals surface area (Å²) >= 11 is 0. The Kier molecular flexibility index (Phi) is 7.11. The average Bonchev–Trinajstić information content (AvgIpc) is 2.80. The fraction of sp³-hybridized carbons (Fsp3) is 0.167. The van der Waals surface area contributed by atoms with E-state index in [-0.39, 0.29) is 11.7 Å². The molecule has 1 amide bonds. The predicted molar refractivity (Wildman–Crippen MR) is 123 cm³/mol. The van der Waals surface area contributed by atoms with Gasteiger partial charge in [0.1, 0.15) is 11.5 Å². The molecule has 3 rings (SSSR count). The molecule has 0 aliphatic heterocycles. The maximum atomic E-state index is 13.0. The largest absolute Gasteiger partial charge is 0.457 e. The minimum absolute atomic E-state index is 0.113. The van der Waals surface area contributed by atoms with E-state index in [2.05, 4.69) is 29.2 Å². The van der Waals surface area contributed by atoms with E-state index in [9.17, 15) is 4.79 Å². The van der Waals surface area contributed by atoms with E-state index in [1.165, 1.54) is 0 Å². The van der Waals surface area contributed by atoms with Gasteiger partial charge in [0.25, 0.3) is 5.91 Å². The number of hydrogen-bond acceptors (Lipinski definition) is 5. The first kappa shape index (κ1) is 21.7. The van der Waals surface area contributed by atoms with Gasteiger partial charge in [0.15, 0.2) is 5.84 Å². The van der Waals surface area contributed by atoms with Crippen LogP contribution in [0.3, 0.4) is 0 Å². The van der Waals surface area contributed by atoms with E-state index in [0.29, 0.717) is 28.3 Å². The third-order valence-electron chi connectivity index (χ3n) is 4.84. The number of oxime groups is 1. The van der Waals surface area contributed by atoms with Crippen LogP contribution in [-0.4, -0.2) is 30.0 Å². The average molecular weight is 418 g/mol. The minimum atomic E-state index is -0.308. The van der Waals surface area contributed by atoms with Crippen LogP contribution in [0.5, 0.6) is 11.5 Å². The normalized spacial score (nSPS) is 11.1. The van der Waals surface area contributed by atoms with E-state index >= 15 is 0 Å². The van der Waals surface area contributed by atoms with Gasteiger partial charge in [-0.15, -0.1) is 0 Å². The number of nitrogens with one attached hydrogen (secondary N) is 1. The summed E-state index contributed by atoms with van der Waals surface area (Å²) in [5, 5.41) is 15.1. The third-order valence-corrected chi connectivity index (χ3v) is 4.84. The van der Waals surface area contributed by atoms with Crippen LogP contribution in [-0.2, 0) is 0 Å². The second-order valence-electron chi connectivity index (χ2n) is 6.78. The molecule has 0 saturated carbocycles. The van der Waals surface area contributed by atoms with Gasteiger partial charge in [0, 0.05) is 36.0 Å².